The van der Waals surface area contributed by atoms with Crippen molar-refractivity contribution in [1.82, 2.24) is 20.0 Å². The first-order valence-corrected chi connectivity index (χ1v) is 5.99. The quantitative estimate of drug-likeness (QED) is 0.705. The minimum absolute atomic E-state index is 0.254. The number of nitrogens with zero attached hydrogens (tertiary/aromatic N) is 4. The molecule has 0 saturated heterocycles. The standard InChI is InChI=1S/C14H11N5O/c15-10-4-1-2-6-13(10)19-14(20)8-7-12(18-19)11-5-3-9-16-17-11/h1-9H,15H2. The van der Waals surface area contributed by atoms with E-state index in [-0.39, 0.29) is 5.56 Å². The Bertz CT molecular complexity index is 798. The summed E-state index contributed by atoms with van der Waals surface area (Å²) in [5.74, 6) is 0. The molecule has 0 aliphatic carbocycles. The SMILES string of the molecule is Nc1ccccc1-n1nc(-c2cccnn2)ccc1=O. The Morgan fingerprint density at radius 1 is 0.950 bits per heavy atom. The normalized spacial score (nSPS) is 10.4. The molecule has 2 aromatic heterocycles. The van der Waals surface area contributed by atoms with Crippen molar-refractivity contribution in [3.8, 4) is 17.1 Å². The molecule has 0 bridgehead atoms. The van der Waals surface area contributed by atoms with E-state index in [1.807, 2.05) is 0 Å². The second-order valence-corrected chi connectivity index (χ2v) is 4.14. The predicted molar refractivity (Wildman–Crippen MR) is 75.3 cm³/mol. The molecule has 0 atom stereocenters. The topological polar surface area (TPSA) is 86.7 Å². The monoisotopic (exact) mass is 265 g/mol. The second-order valence-electron chi connectivity index (χ2n) is 4.14. The molecule has 1 aromatic carbocycles. The van der Waals surface area contributed by atoms with Gasteiger partial charge in [0.05, 0.1) is 11.4 Å². The van der Waals surface area contributed by atoms with Crippen LogP contribution in [0, 0.1) is 0 Å². The lowest BCUT2D eigenvalue weighted by Crippen LogP contribution is -2.21. The van der Waals surface area contributed by atoms with Gasteiger partial charge in [-0.15, -0.1) is 5.10 Å². The number of aromatic nitrogens is 4. The van der Waals surface area contributed by atoms with Crippen LogP contribution in [0.2, 0.25) is 0 Å². The number of nitrogens with two attached hydrogens (primary N) is 1. The molecule has 2 N–H and O–H groups in total. The van der Waals surface area contributed by atoms with Gasteiger partial charge in [0, 0.05) is 12.3 Å². The molecule has 0 unspecified atom stereocenters. The smallest absolute Gasteiger partial charge is 0.271 e. The molecule has 0 saturated carbocycles. The summed E-state index contributed by atoms with van der Waals surface area (Å²) in [6.07, 6.45) is 1.58. The van der Waals surface area contributed by atoms with Crippen molar-refractivity contribution in [2.75, 3.05) is 5.73 Å². The van der Waals surface area contributed by atoms with E-state index < -0.39 is 0 Å². The molecule has 0 aliphatic heterocycles. The maximum Gasteiger partial charge on any atom is 0.271 e. The molecule has 20 heavy (non-hydrogen) atoms. The summed E-state index contributed by atoms with van der Waals surface area (Å²) in [5.41, 5.74) is 7.81. The van der Waals surface area contributed by atoms with Crippen LogP contribution in [0.15, 0.2) is 59.5 Å². The highest BCUT2D eigenvalue weighted by atomic mass is 16.1. The Labute approximate surface area is 114 Å². The molecule has 0 radical (unpaired) electrons. The second kappa shape index (κ2) is 4.93. The Morgan fingerprint density at radius 2 is 1.80 bits per heavy atom. The fraction of sp³-hybridized carbons (Fsp3) is 0. The summed E-state index contributed by atoms with van der Waals surface area (Å²) >= 11 is 0. The van der Waals surface area contributed by atoms with E-state index in [2.05, 4.69) is 15.3 Å². The number of hydrogen-bond donors (Lipinski definition) is 1. The average molecular weight is 265 g/mol. The van der Waals surface area contributed by atoms with E-state index in [0.29, 0.717) is 22.8 Å². The Hall–Kier alpha value is -3.02. The van der Waals surface area contributed by atoms with Crippen molar-refractivity contribution < 1.29 is 0 Å². The van der Waals surface area contributed by atoms with Crippen LogP contribution in [-0.4, -0.2) is 20.0 Å². The fourth-order valence-corrected chi connectivity index (χ4v) is 1.84. The highest BCUT2D eigenvalue weighted by Gasteiger charge is 2.08. The molecule has 0 fully saturated rings. The summed E-state index contributed by atoms with van der Waals surface area (Å²) in [6, 6.07) is 13.6. The third-order valence-electron chi connectivity index (χ3n) is 2.80. The summed E-state index contributed by atoms with van der Waals surface area (Å²) in [7, 11) is 0. The summed E-state index contributed by atoms with van der Waals surface area (Å²) in [5, 5.41) is 12.1. The molecular weight excluding hydrogens is 254 g/mol. The predicted octanol–water partition coefficient (Wildman–Crippen LogP) is 1.27. The number of nitrogen functional groups attached to an aromatic ring is 1. The van der Waals surface area contributed by atoms with Gasteiger partial charge in [-0.3, -0.25) is 4.79 Å². The van der Waals surface area contributed by atoms with Crippen LogP contribution in [0.1, 0.15) is 0 Å². The number of para-hydroxylation sites is 2. The minimum Gasteiger partial charge on any atom is -0.397 e. The largest absolute Gasteiger partial charge is 0.397 e. The summed E-state index contributed by atoms with van der Waals surface area (Å²) in [6.45, 7) is 0. The molecule has 3 rings (SSSR count). The Morgan fingerprint density at radius 3 is 2.55 bits per heavy atom. The highest BCUT2D eigenvalue weighted by Crippen LogP contribution is 2.16. The molecule has 0 aliphatic rings. The molecule has 3 aromatic rings. The van der Waals surface area contributed by atoms with Crippen LogP contribution in [-0.2, 0) is 0 Å². The number of rotatable bonds is 2. The zero-order valence-corrected chi connectivity index (χ0v) is 10.5. The summed E-state index contributed by atoms with van der Waals surface area (Å²) < 4.78 is 1.26. The maximum atomic E-state index is 12.0. The van der Waals surface area contributed by atoms with E-state index in [4.69, 9.17) is 5.73 Å². The Kier molecular flexibility index (Phi) is 2.96. The van der Waals surface area contributed by atoms with Crippen LogP contribution in [0.4, 0.5) is 5.69 Å². The van der Waals surface area contributed by atoms with Crippen LogP contribution >= 0.6 is 0 Å². The van der Waals surface area contributed by atoms with Crippen LogP contribution in [0.25, 0.3) is 17.1 Å². The first kappa shape index (κ1) is 12.0. The van der Waals surface area contributed by atoms with Gasteiger partial charge in [0.25, 0.3) is 5.56 Å². The van der Waals surface area contributed by atoms with Gasteiger partial charge in [-0.2, -0.15) is 14.9 Å². The van der Waals surface area contributed by atoms with Crippen molar-refractivity contribution in [3.05, 3.63) is 65.1 Å². The molecule has 0 amide bonds. The first-order chi connectivity index (χ1) is 9.75. The number of benzene rings is 1. The van der Waals surface area contributed by atoms with Gasteiger partial charge in [-0.1, -0.05) is 12.1 Å². The number of anilines is 1. The van der Waals surface area contributed by atoms with E-state index in [9.17, 15) is 4.79 Å². The van der Waals surface area contributed by atoms with Gasteiger partial charge in [0.15, 0.2) is 0 Å². The van der Waals surface area contributed by atoms with Crippen molar-refractivity contribution in [3.63, 3.8) is 0 Å². The van der Waals surface area contributed by atoms with E-state index in [1.54, 1.807) is 48.7 Å². The molecular formula is C14H11N5O. The van der Waals surface area contributed by atoms with E-state index in [1.165, 1.54) is 10.7 Å². The summed E-state index contributed by atoms with van der Waals surface area (Å²) in [4.78, 5) is 12.0. The highest BCUT2D eigenvalue weighted by molar-refractivity contribution is 5.58. The van der Waals surface area contributed by atoms with Crippen LogP contribution in [0.5, 0.6) is 0 Å². The lowest BCUT2D eigenvalue weighted by atomic mass is 10.2. The van der Waals surface area contributed by atoms with Gasteiger partial charge in [0.1, 0.15) is 11.4 Å². The van der Waals surface area contributed by atoms with Gasteiger partial charge < -0.3 is 5.73 Å². The van der Waals surface area contributed by atoms with Gasteiger partial charge in [-0.25, -0.2) is 0 Å². The third-order valence-corrected chi connectivity index (χ3v) is 2.80. The molecule has 98 valence electrons. The zero-order chi connectivity index (χ0) is 13.9. The van der Waals surface area contributed by atoms with E-state index >= 15 is 0 Å². The van der Waals surface area contributed by atoms with Crippen molar-refractivity contribution in [2.45, 2.75) is 0 Å². The van der Waals surface area contributed by atoms with Crippen molar-refractivity contribution >= 4 is 5.69 Å². The first-order valence-electron chi connectivity index (χ1n) is 5.99. The van der Waals surface area contributed by atoms with Crippen LogP contribution in [0.3, 0.4) is 0 Å². The van der Waals surface area contributed by atoms with Crippen molar-refractivity contribution in [2.24, 2.45) is 0 Å². The molecule has 2 heterocycles. The molecule has 0 spiro atoms. The van der Waals surface area contributed by atoms with Gasteiger partial charge >= 0.3 is 0 Å². The Balaban J connectivity index is 2.18. The van der Waals surface area contributed by atoms with E-state index in [0.717, 1.165) is 0 Å². The average Bonchev–Trinajstić information content (AvgIpc) is 2.49. The lowest BCUT2D eigenvalue weighted by Gasteiger charge is -2.08. The third kappa shape index (κ3) is 2.14. The lowest BCUT2D eigenvalue weighted by molar-refractivity contribution is 0.810. The van der Waals surface area contributed by atoms with Gasteiger partial charge in [-0.05, 0) is 30.3 Å². The fourth-order valence-electron chi connectivity index (χ4n) is 1.84. The maximum absolute atomic E-state index is 12.0. The number of hydrogen-bond acceptors (Lipinski definition) is 5. The molecule has 6 heteroatoms. The molecule has 6 nitrogen and oxygen atoms in total. The van der Waals surface area contributed by atoms with Crippen molar-refractivity contribution in [1.29, 1.82) is 0 Å². The zero-order valence-electron chi connectivity index (χ0n) is 10.5. The minimum atomic E-state index is -0.254. The van der Waals surface area contributed by atoms with Gasteiger partial charge in [0.2, 0.25) is 0 Å². The van der Waals surface area contributed by atoms with Crippen LogP contribution < -0.4 is 11.3 Å².